The van der Waals surface area contributed by atoms with Crippen molar-refractivity contribution < 1.29 is 9.72 Å². The van der Waals surface area contributed by atoms with Crippen LogP contribution in [0.2, 0.25) is 0 Å². The monoisotopic (exact) mass is 261 g/mol. The molecule has 0 aliphatic carbocycles. The van der Waals surface area contributed by atoms with Crippen molar-refractivity contribution in [1.29, 1.82) is 0 Å². The zero-order valence-corrected chi connectivity index (χ0v) is 10.1. The number of nitrogens with zero attached hydrogens (tertiary/aromatic N) is 2. The van der Waals surface area contributed by atoms with E-state index in [1.54, 1.807) is 6.92 Å². The van der Waals surface area contributed by atoms with Crippen LogP contribution in [0.1, 0.15) is 6.92 Å². The van der Waals surface area contributed by atoms with Crippen molar-refractivity contribution in [3.63, 3.8) is 0 Å². The summed E-state index contributed by atoms with van der Waals surface area (Å²) in [5, 5.41) is 10.6. The second kappa shape index (κ2) is 8.08. The molecule has 0 amide bonds. The first-order valence-corrected chi connectivity index (χ1v) is 6.01. The predicted octanol–water partition coefficient (Wildman–Crippen LogP) is 1.46. The van der Waals surface area contributed by atoms with Crippen molar-refractivity contribution in [3.05, 3.63) is 28.4 Å². The molecule has 0 saturated carbocycles. The molecule has 0 radical (unpaired) electrons. The molecule has 0 aromatic carbocycles. The third kappa shape index (κ3) is 5.69. The van der Waals surface area contributed by atoms with Gasteiger partial charge in [0.1, 0.15) is 6.29 Å². The first kappa shape index (κ1) is 14.9. The molecule has 0 aliphatic heterocycles. The van der Waals surface area contributed by atoms with E-state index in [1.807, 2.05) is 0 Å². The lowest BCUT2D eigenvalue weighted by Gasteiger charge is -1.94. The standard InChI is InChI=1S/C5H4N2O2S2.C3H7NO/c8-7(9)4-2-1-3-6-5(4)11-10;1-3(4)2-5/h1-3,10H;2-3H,4H2,1H3. The highest BCUT2D eigenvalue weighted by atomic mass is 33.1. The van der Waals surface area contributed by atoms with Crippen LogP contribution in [0.15, 0.2) is 23.4 Å². The van der Waals surface area contributed by atoms with Gasteiger partial charge in [0.25, 0.3) is 0 Å². The molecule has 0 fully saturated rings. The first-order chi connectivity index (χ1) is 7.52. The van der Waals surface area contributed by atoms with Gasteiger partial charge in [-0.2, -0.15) is 0 Å². The van der Waals surface area contributed by atoms with Gasteiger partial charge in [0.15, 0.2) is 5.03 Å². The summed E-state index contributed by atoms with van der Waals surface area (Å²) in [4.78, 5) is 23.0. The summed E-state index contributed by atoms with van der Waals surface area (Å²) in [5.41, 5.74) is 4.92. The van der Waals surface area contributed by atoms with Gasteiger partial charge in [0, 0.05) is 12.3 Å². The van der Waals surface area contributed by atoms with E-state index in [-0.39, 0.29) is 11.7 Å². The minimum atomic E-state index is -0.481. The van der Waals surface area contributed by atoms with Crippen molar-refractivity contribution >= 4 is 34.4 Å². The van der Waals surface area contributed by atoms with Crippen molar-refractivity contribution in [2.75, 3.05) is 0 Å². The Balaban J connectivity index is 0.000000385. The van der Waals surface area contributed by atoms with Gasteiger partial charge in [-0.25, -0.2) is 4.98 Å². The molecule has 1 unspecified atom stereocenters. The molecule has 16 heavy (non-hydrogen) atoms. The fraction of sp³-hybridized carbons (Fsp3) is 0.250. The van der Waals surface area contributed by atoms with Gasteiger partial charge >= 0.3 is 5.69 Å². The fourth-order valence-electron chi connectivity index (χ4n) is 0.592. The molecule has 0 bridgehead atoms. The molecule has 1 aromatic heterocycles. The van der Waals surface area contributed by atoms with Gasteiger partial charge in [-0.05, 0) is 23.8 Å². The van der Waals surface area contributed by atoms with Crippen LogP contribution < -0.4 is 5.73 Å². The summed E-state index contributed by atoms with van der Waals surface area (Å²) < 4.78 is 0. The Morgan fingerprint density at radius 3 is 2.62 bits per heavy atom. The molecule has 88 valence electrons. The lowest BCUT2D eigenvalue weighted by molar-refractivity contribution is -0.388. The first-order valence-electron chi connectivity index (χ1n) is 4.14. The molecule has 8 heteroatoms. The van der Waals surface area contributed by atoms with Gasteiger partial charge in [-0.1, -0.05) is 0 Å². The molecule has 1 aromatic rings. The third-order valence-electron chi connectivity index (χ3n) is 1.25. The Hall–Kier alpha value is -1.12. The van der Waals surface area contributed by atoms with Crippen molar-refractivity contribution in [2.24, 2.45) is 5.73 Å². The number of pyridine rings is 1. The second-order valence-electron chi connectivity index (χ2n) is 2.67. The summed E-state index contributed by atoms with van der Waals surface area (Å²) in [6, 6.07) is 2.62. The SMILES string of the molecule is CC(N)C=O.O=[N+]([O-])c1cccnc1SS. The van der Waals surface area contributed by atoms with Crippen molar-refractivity contribution in [2.45, 2.75) is 18.0 Å². The van der Waals surface area contributed by atoms with E-state index in [2.05, 4.69) is 16.6 Å². The smallest absolute Gasteiger partial charge is 0.302 e. The minimum absolute atomic E-state index is 0.00694. The van der Waals surface area contributed by atoms with Crippen LogP contribution >= 0.6 is 22.5 Å². The van der Waals surface area contributed by atoms with E-state index in [4.69, 9.17) is 5.73 Å². The highest BCUT2D eigenvalue weighted by molar-refractivity contribution is 8.68. The van der Waals surface area contributed by atoms with Gasteiger partial charge in [-0.3, -0.25) is 10.1 Å². The Bertz CT molecular complexity index is 360. The largest absolute Gasteiger partial charge is 0.322 e. The van der Waals surface area contributed by atoms with Crippen molar-refractivity contribution in [1.82, 2.24) is 4.98 Å². The number of nitro groups is 1. The van der Waals surface area contributed by atoms with Gasteiger partial charge in [0.2, 0.25) is 0 Å². The average Bonchev–Trinajstić information content (AvgIpc) is 2.29. The topological polar surface area (TPSA) is 99.1 Å². The molecular weight excluding hydrogens is 250 g/mol. The second-order valence-corrected chi connectivity index (χ2v) is 3.79. The molecule has 0 spiro atoms. The van der Waals surface area contributed by atoms with Crippen molar-refractivity contribution in [3.8, 4) is 0 Å². The normalized spacial score (nSPS) is 10.9. The Labute approximate surface area is 102 Å². The maximum atomic E-state index is 10.3. The summed E-state index contributed by atoms with van der Waals surface area (Å²) in [7, 11) is 0.965. The van der Waals surface area contributed by atoms with Crippen LogP contribution in [0.25, 0.3) is 0 Å². The Morgan fingerprint density at radius 1 is 1.75 bits per heavy atom. The van der Waals surface area contributed by atoms with Gasteiger partial charge in [-0.15, -0.1) is 11.7 Å². The van der Waals surface area contributed by atoms with E-state index in [0.29, 0.717) is 11.3 Å². The van der Waals surface area contributed by atoms with Crippen LogP contribution in [0, 0.1) is 10.1 Å². The lowest BCUT2D eigenvalue weighted by atomic mass is 10.4. The summed E-state index contributed by atoms with van der Waals surface area (Å²) in [6.07, 6.45) is 2.19. The van der Waals surface area contributed by atoms with Gasteiger partial charge < -0.3 is 10.5 Å². The van der Waals surface area contributed by atoms with E-state index in [0.717, 1.165) is 10.8 Å². The number of thiol groups is 1. The molecular formula is C8H11N3O3S2. The van der Waals surface area contributed by atoms with Crippen LogP contribution in [0.3, 0.4) is 0 Å². The minimum Gasteiger partial charge on any atom is -0.322 e. The van der Waals surface area contributed by atoms with Crippen LogP contribution in [-0.2, 0) is 4.79 Å². The fourth-order valence-corrected chi connectivity index (χ4v) is 1.36. The Kier molecular flexibility index (Phi) is 7.52. The number of carbonyl (C=O) groups excluding carboxylic acids is 1. The quantitative estimate of drug-likeness (QED) is 0.281. The molecule has 1 heterocycles. The van der Waals surface area contributed by atoms with Crippen LogP contribution in [0.5, 0.6) is 0 Å². The zero-order valence-electron chi connectivity index (χ0n) is 8.44. The zero-order chi connectivity index (χ0) is 12.6. The molecule has 0 aliphatic rings. The maximum Gasteiger partial charge on any atom is 0.302 e. The predicted molar refractivity (Wildman–Crippen MR) is 65.4 cm³/mol. The number of hydrogen-bond donors (Lipinski definition) is 2. The number of carbonyl (C=O) groups is 1. The van der Waals surface area contributed by atoms with E-state index >= 15 is 0 Å². The lowest BCUT2D eigenvalue weighted by Crippen LogP contribution is -2.15. The number of rotatable bonds is 3. The number of nitrogens with two attached hydrogens (primary N) is 1. The highest BCUT2D eigenvalue weighted by Crippen LogP contribution is 2.27. The Morgan fingerprint density at radius 2 is 2.31 bits per heavy atom. The average molecular weight is 261 g/mol. The number of hydrogen-bond acceptors (Lipinski definition) is 7. The summed E-state index contributed by atoms with van der Waals surface area (Å²) in [5.74, 6) is 0. The summed E-state index contributed by atoms with van der Waals surface area (Å²) >= 11 is 3.82. The third-order valence-corrected chi connectivity index (χ3v) is 2.26. The van der Waals surface area contributed by atoms with E-state index in [1.165, 1.54) is 18.3 Å². The molecule has 0 saturated heterocycles. The number of aldehydes is 1. The molecule has 2 N–H and O–H groups in total. The summed E-state index contributed by atoms with van der Waals surface area (Å²) in [6.45, 7) is 1.63. The van der Waals surface area contributed by atoms with Crippen LogP contribution in [-0.4, -0.2) is 22.2 Å². The van der Waals surface area contributed by atoms with E-state index < -0.39 is 4.92 Å². The molecule has 1 atom stereocenters. The van der Waals surface area contributed by atoms with Gasteiger partial charge in [0.05, 0.1) is 11.0 Å². The van der Waals surface area contributed by atoms with Crippen LogP contribution in [0.4, 0.5) is 5.69 Å². The highest BCUT2D eigenvalue weighted by Gasteiger charge is 2.12. The molecule has 1 rings (SSSR count). The number of aromatic nitrogens is 1. The maximum absolute atomic E-state index is 10.3. The molecule has 6 nitrogen and oxygen atoms in total. The van der Waals surface area contributed by atoms with E-state index in [9.17, 15) is 14.9 Å².